The van der Waals surface area contributed by atoms with Gasteiger partial charge in [0.1, 0.15) is 0 Å². The van der Waals surface area contributed by atoms with Gasteiger partial charge in [0.25, 0.3) is 0 Å². The molecule has 0 unspecified atom stereocenters. The molecule has 1 aromatic rings. The normalized spacial score (nSPS) is 17.9. The molecular weight excluding hydrogens is 232 g/mol. The largest absolute Gasteiger partial charge is 0.382 e. The van der Waals surface area contributed by atoms with Crippen LogP contribution in [0, 0.1) is 5.92 Å². The standard InChI is InChI=1S/C17H28N2/c1-4-15-6-5-7-17(12-15)18-16-8-10-19(11-9-16)13-14(2)3/h5-7,12,14,16,18H,4,8-11,13H2,1-3H3. The third-order valence-electron chi connectivity index (χ3n) is 3.92. The van der Waals surface area contributed by atoms with Crippen LogP contribution in [0.4, 0.5) is 5.69 Å². The topological polar surface area (TPSA) is 15.3 Å². The molecule has 1 fully saturated rings. The van der Waals surface area contributed by atoms with E-state index in [1.165, 1.54) is 43.7 Å². The molecule has 0 spiro atoms. The maximum absolute atomic E-state index is 3.70. The zero-order valence-electron chi connectivity index (χ0n) is 12.7. The summed E-state index contributed by atoms with van der Waals surface area (Å²) in [7, 11) is 0. The number of anilines is 1. The molecule has 2 nitrogen and oxygen atoms in total. The third kappa shape index (κ3) is 4.54. The second kappa shape index (κ2) is 6.95. The lowest BCUT2D eigenvalue weighted by Gasteiger charge is -2.33. The van der Waals surface area contributed by atoms with Crippen molar-refractivity contribution < 1.29 is 0 Å². The average molecular weight is 260 g/mol. The Hall–Kier alpha value is -1.02. The highest BCUT2D eigenvalue weighted by atomic mass is 15.1. The fourth-order valence-corrected chi connectivity index (χ4v) is 2.89. The molecule has 1 aliphatic rings. The summed E-state index contributed by atoms with van der Waals surface area (Å²) in [5.74, 6) is 0.783. The molecular formula is C17H28N2. The van der Waals surface area contributed by atoms with Crippen molar-refractivity contribution in [2.24, 2.45) is 5.92 Å². The second-order valence-electron chi connectivity index (χ2n) is 6.17. The summed E-state index contributed by atoms with van der Waals surface area (Å²) >= 11 is 0. The summed E-state index contributed by atoms with van der Waals surface area (Å²) in [5, 5.41) is 3.70. The van der Waals surface area contributed by atoms with Crippen molar-refractivity contribution in [3.63, 3.8) is 0 Å². The third-order valence-corrected chi connectivity index (χ3v) is 3.92. The first kappa shape index (κ1) is 14.4. The van der Waals surface area contributed by atoms with E-state index in [0.717, 1.165) is 12.3 Å². The van der Waals surface area contributed by atoms with Crippen molar-refractivity contribution in [3.05, 3.63) is 29.8 Å². The lowest BCUT2D eigenvalue weighted by Crippen LogP contribution is -2.40. The van der Waals surface area contributed by atoms with Crippen LogP contribution in [0.3, 0.4) is 0 Å². The Morgan fingerprint density at radius 2 is 2.00 bits per heavy atom. The van der Waals surface area contributed by atoms with Crippen LogP contribution in [0.25, 0.3) is 0 Å². The van der Waals surface area contributed by atoms with E-state index in [-0.39, 0.29) is 0 Å². The van der Waals surface area contributed by atoms with E-state index in [4.69, 9.17) is 0 Å². The van der Waals surface area contributed by atoms with Gasteiger partial charge in [0.2, 0.25) is 0 Å². The fourth-order valence-electron chi connectivity index (χ4n) is 2.89. The first-order chi connectivity index (χ1) is 9.17. The van der Waals surface area contributed by atoms with Gasteiger partial charge < -0.3 is 10.2 Å². The lowest BCUT2D eigenvalue weighted by molar-refractivity contribution is 0.198. The minimum absolute atomic E-state index is 0.649. The van der Waals surface area contributed by atoms with Crippen LogP contribution >= 0.6 is 0 Å². The maximum atomic E-state index is 3.70. The number of likely N-dealkylation sites (tertiary alicyclic amines) is 1. The van der Waals surface area contributed by atoms with Gasteiger partial charge in [0.05, 0.1) is 0 Å². The SMILES string of the molecule is CCc1cccc(NC2CCN(CC(C)C)CC2)c1. The van der Waals surface area contributed by atoms with Gasteiger partial charge in [0, 0.05) is 31.4 Å². The molecule has 0 amide bonds. The summed E-state index contributed by atoms with van der Waals surface area (Å²) in [6.45, 7) is 10.6. The van der Waals surface area contributed by atoms with Crippen molar-refractivity contribution in [1.29, 1.82) is 0 Å². The minimum atomic E-state index is 0.649. The number of piperidine rings is 1. The summed E-state index contributed by atoms with van der Waals surface area (Å²) in [4.78, 5) is 2.60. The van der Waals surface area contributed by atoms with Gasteiger partial charge in [-0.1, -0.05) is 32.9 Å². The van der Waals surface area contributed by atoms with Crippen molar-refractivity contribution in [1.82, 2.24) is 4.90 Å². The van der Waals surface area contributed by atoms with Gasteiger partial charge >= 0.3 is 0 Å². The van der Waals surface area contributed by atoms with E-state index in [2.05, 4.69) is 55.3 Å². The molecule has 1 heterocycles. The van der Waals surface area contributed by atoms with E-state index in [0.29, 0.717) is 6.04 Å². The molecule has 1 saturated heterocycles. The predicted octanol–water partition coefficient (Wildman–Crippen LogP) is 3.78. The number of benzene rings is 1. The second-order valence-corrected chi connectivity index (χ2v) is 6.17. The van der Waals surface area contributed by atoms with Gasteiger partial charge in [-0.15, -0.1) is 0 Å². The van der Waals surface area contributed by atoms with Crippen molar-refractivity contribution in [3.8, 4) is 0 Å². The molecule has 0 atom stereocenters. The van der Waals surface area contributed by atoms with Crippen LogP contribution in [0.5, 0.6) is 0 Å². The highest BCUT2D eigenvalue weighted by Gasteiger charge is 2.19. The number of nitrogens with one attached hydrogen (secondary N) is 1. The van der Waals surface area contributed by atoms with Gasteiger partial charge in [-0.25, -0.2) is 0 Å². The maximum Gasteiger partial charge on any atom is 0.0345 e. The fraction of sp³-hybridized carbons (Fsp3) is 0.647. The smallest absolute Gasteiger partial charge is 0.0345 e. The van der Waals surface area contributed by atoms with Crippen LogP contribution in [0.15, 0.2) is 24.3 Å². The van der Waals surface area contributed by atoms with E-state index in [1.807, 2.05) is 0 Å². The molecule has 0 aromatic heterocycles. The van der Waals surface area contributed by atoms with Crippen LogP contribution in [0.1, 0.15) is 39.2 Å². The zero-order valence-corrected chi connectivity index (χ0v) is 12.7. The van der Waals surface area contributed by atoms with Gasteiger partial charge in [-0.05, 0) is 42.9 Å². The van der Waals surface area contributed by atoms with E-state index < -0.39 is 0 Å². The molecule has 106 valence electrons. The van der Waals surface area contributed by atoms with E-state index >= 15 is 0 Å². The Morgan fingerprint density at radius 1 is 1.26 bits per heavy atom. The minimum Gasteiger partial charge on any atom is -0.382 e. The highest BCUT2D eigenvalue weighted by molar-refractivity contribution is 5.46. The van der Waals surface area contributed by atoms with E-state index in [1.54, 1.807) is 0 Å². The van der Waals surface area contributed by atoms with E-state index in [9.17, 15) is 0 Å². The monoisotopic (exact) mass is 260 g/mol. The number of aryl methyl sites for hydroxylation is 1. The molecule has 1 aliphatic heterocycles. The van der Waals surface area contributed by atoms with Gasteiger partial charge in [-0.3, -0.25) is 0 Å². The molecule has 2 rings (SSSR count). The molecule has 19 heavy (non-hydrogen) atoms. The van der Waals surface area contributed by atoms with Crippen LogP contribution < -0.4 is 5.32 Å². The van der Waals surface area contributed by atoms with Crippen LogP contribution in [-0.2, 0) is 6.42 Å². The predicted molar refractivity (Wildman–Crippen MR) is 83.7 cm³/mol. The number of nitrogens with zero attached hydrogens (tertiary/aromatic N) is 1. The Kier molecular flexibility index (Phi) is 5.26. The van der Waals surface area contributed by atoms with Crippen LogP contribution in [0.2, 0.25) is 0 Å². The average Bonchev–Trinajstić information content (AvgIpc) is 2.41. The Labute approximate surface area is 118 Å². The number of hydrogen-bond donors (Lipinski definition) is 1. The molecule has 0 radical (unpaired) electrons. The first-order valence-corrected chi connectivity index (χ1v) is 7.75. The summed E-state index contributed by atoms with van der Waals surface area (Å²) in [6.07, 6.45) is 3.65. The Balaban J connectivity index is 1.81. The molecule has 0 bridgehead atoms. The zero-order chi connectivity index (χ0) is 13.7. The molecule has 0 aliphatic carbocycles. The summed E-state index contributed by atoms with van der Waals surface area (Å²) < 4.78 is 0. The Morgan fingerprint density at radius 3 is 2.63 bits per heavy atom. The number of rotatable bonds is 5. The van der Waals surface area contributed by atoms with Crippen molar-refractivity contribution >= 4 is 5.69 Å². The van der Waals surface area contributed by atoms with Crippen molar-refractivity contribution in [2.45, 2.75) is 46.1 Å². The first-order valence-electron chi connectivity index (χ1n) is 7.75. The van der Waals surface area contributed by atoms with Crippen LogP contribution in [-0.4, -0.2) is 30.6 Å². The molecule has 1 aromatic carbocycles. The Bertz CT molecular complexity index is 379. The molecule has 0 saturated carbocycles. The summed E-state index contributed by atoms with van der Waals surface area (Å²) in [5.41, 5.74) is 2.71. The molecule has 2 heteroatoms. The molecule has 1 N–H and O–H groups in total. The summed E-state index contributed by atoms with van der Waals surface area (Å²) in [6, 6.07) is 9.50. The number of hydrogen-bond acceptors (Lipinski definition) is 2. The van der Waals surface area contributed by atoms with Crippen molar-refractivity contribution in [2.75, 3.05) is 25.0 Å². The lowest BCUT2D eigenvalue weighted by atomic mass is 10.0. The van der Waals surface area contributed by atoms with Gasteiger partial charge in [0.15, 0.2) is 0 Å². The highest BCUT2D eigenvalue weighted by Crippen LogP contribution is 2.18. The van der Waals surface area contributed by atoms with Gasteiger partial charge in [-0.2, -0.15) is 0 Å². The quantitative estimate of drug-likeness (QED) is 0.866.